The van der Waals surface area contributed by atoms with Crippen molar-refractivity contribution in [2.45, 2.75) is 19.8 Å². The van der Waals surface area contributed by atoms with Gasteiger partial charge >= 0.3 is 5.97 Å². The Labute approximate surface area is 111 Å². The summed E-state index contributed by atoms with van der Waals surface area (Å²) in [5.41, 5.74) is 9.00. The molecule has 5 nitrogen and oxygen atoms in total. The second kappa shape index (κ2) is 4.76. The van der Waals surface area contributed by atoms with Gasteiger partial charge in [0.25, 0.3) is 0 Å². The topological polar surface area (TPSA) is 81.1 Å². The summed E-state index contributed by atoms with van der Waals surface area (Å²) in [6, 6.07) is 5.24. The van der Waals surface area contributed by atoms with Crippen molar-refractivity contribution in [2.75, 3.05) is 5.73 Å². The molecule has 0 bridgehead atoms. The molecule has 0 saturated heterocycles. The highest BCUT2D eigenvalue weighted by Gasteiger charge is 2.17. The zero-order chi connectivity index (χ0) is 14.2. The molecule has 2 aromatic rings. The van der Waals surface area contributed by atoms with E-state index in [0.717, 1.165) is 16.8 Å². The molecule has 1 aromatic carbocycles. The fourth-order valence-electron chi connectivity index (χ4n) is 2.16. The Kier molecular flexibility index (Phi) is 3.29. The van der Waals surface area contributed by atoms with E-state index in [0.29, 0.717) is 5.69 Å². The van der Waals surface area contributed by atoms with Crippen molar-refractivity contribution in [2.24, 2.45) is 7.05 Å². The van der Waals surface area contributed by atoms with Crippen LogP contribution in [0.15, 0.2) is 24.4 Å². The van der Waals surface area contributed by atoms with Gasteiger partial charge in [0.1, 0.15) is 0 Å². The normalized spacial score (nSPS) is 10.9. The van der Waals surface area contributed by atoms with Crippen LogP contribution >= 0.6 is 0 Å². The highest BCUT2D eigenvalue weighted by molar-refractivity contribution is 5.95. The number of aromatic carboxylic acids is 1. The molecule has 0 atom stereocenters. The summed E-state index contributed by atoms with van der Waals surface area (Å²) in [4.78, 5) is 11.2. The van der Waals surface area contributed by atoms with Crippen molar-refractivity contribution < 1.29 is 9.90 Å². The average molecular weight is 259 g/mol. The van der Waals surface area contributed by atoms with Gasteiger partial charge in [0.2, 0.25) is 0 Å². The van der Waals surface area contributed by atoms with Gasteiger partial charge in [0.05, 0.1) is 11.3 Å². The minimum absolute atomic E-state index is 0.126. The van der Waals surface area contributed by atoms with Crippen LogP contribution < -0.4 is 5.73 Å². The summed E-state index contributed by atoms with van der Waals surface area (Å²) in [7, 11) is 1.83. The number of carboxylic acid groups (broad SMARTS) is 1. The number of carboxylic acids is 1. The maximum absolute atomic E-state index is 11.2. The quantitative estimate of drug-likeness (QED) is 0.830. The molecule has 0 saturated carbocycles. The third kappa shape index (κ3) is 2.31. The lowest BCUT2D eigenvalue weighted by Crippen LogP contribution is -2.07. The third-order valence-electron chi connectivity index (χ3n) is 3.17. The van der Waals surface area contributed by atoms with Crippen molar-refractivity contribution in [1.29, 1.82) is 0 Å². The number of aromatic nitrogens is 2. The highest BCUT2D eigenvalue weighted by Crippen LogP contribution is 2.32. The lowest BCUT2D eigenvalue weighted by Gasteiger charge is -2.15. The van der Waals surface area contributed by atoms with E-state index in [4.69, 9.17) is 5.73 Å². The largest absolute Gasteiger partial charge is 0.478 e. The van der Waals surface area contributed by atoms with Gasteiger partial charge in [0, 0.05) is 24.5 Å². The Morgan fingerprint density at radius 1 is 1.42 bits per heavy atom. The molecule has 0 aliphatic rings. The molecule has 3 N–H and O–H groups in total. The first kappa shape index (κ1) is 13.1. The molecule has 0 radical (unpaired) electrons. The molecular weight excluding hydrogens is 242 g/mol. The number of rotatable bonds is 3. The van der Waals surface area contributed by atoms with E-state index in [2.05, 4.69) is 18.9 Å². The number of aryl methyl sites for hydroxylation is 1. The zero-order valence-corrected chi connectivity index (χ0v) is 11.2. The predicted octanol–water partition coefficient (Wildman–Crippen LogP) is 2.49. The molecule has 0 unspecified atom stereocenters. The summed E-state index contributed by atoms with van der Waals surface area (Å²) in [5, 5.41) is 13.3. The number of hydrogen-bond donors (Lipinski definition) is 2. The van der Waals surface area contributed by atoms with Gasteiger partial charge in [-0.3, -0.25) is 4.68 Å². The summed E-state index contributed by atoms with van der Waals surface area (Å²) in [5.74, 6) is -0.772. The average Bonchev–Trinajstić information content (AvgIpc) is 2.74. The Hall–Kier alpha value is -2.30. The predicted molar refractivity (Wildman–Crippen MR) is 74.1 cm³/mol. The zero-order valence-electron chi connectivity index (χ0n) is 11.2. The SMILES string of the molecule is CC(C)c1cc(N)c(C(=O)O)cc1-c1ccnn1C. The van der Waals surface area contributed by atoms with Gasteiger partial charge in [0.15, 0.2) is 0 Å². The number of benzene rings is 1. The lowest BCUT2D eigenvalue weighted by molar-refractivity contribution is 0.0698. The lowest BCUT2D eigenvalue weighted by atomic mass is 9.92. The minimum Gasteiger partial charge on any atom is -0.478 e. The minimum atomic E-state index is -1.02. The van der Waals surface area contributed by atoms with Gasteiger partial charge in [-0.15, -0.1) is 0 Å². The van der Waals surface area contributed by atoms with Gasteiger partial charge in [-0.25, -0.2) is 4.79 Å². The number of nitrogens with zero attached hydrogens (tertiary/aromatic N) is 2. The van der Waals surface area contributed by atoms with Crippen LogP contribution in [0.25, 0.3) is 11.3 Å². The van der Waals surface area contributed by atoms with Gasteiger partial charge in [-0.1, -0.05) is 13.8 Å². The van der Waals surface area contributed by atoms with Crippen molar-refractivity contribution in [3.8, 4) is 11.3 Å². The van der Waals surface area contributed by atoms with Crippen LogP contribution in [0.1, 0.15) is 35.7 Å². The molecule has 1 heterocycles. The van der Waals surface area contributed by atoms with Crippen LogP contribution in [0.3, 0.4) is 0 Å². The maximum Gasteiger partial charge on any atom is 0.337 e. The van der Waals surface area contributed by atoms with E-state index < -0.39 is 5.97 Å². The Bertz CT molecular complexity index is 630. The highest BCUT2D eigenvalue weighted by atomic mass is 16.4. The summed E-state index contributed by atoms with van der Waals surface area (Å²) in [6.45, 7) is 4.10. The van der Waals surface area contributed by atoms with E-state index in [9.17, 15) is 9.90 Å². The van der Waals surface area contributed by atoms with E-state index in [1.807, 2.05) is 13.1 Å². The van der Waals surface area contributed by atoms with E-state index in [-0.39, 0.29) is 11.5 Å². The first-order valence-electron chi connectivity index (χ1n) is 6.07. The van der Waals surface area contributed by atoms with Gasteiger partial charge in [-0.05, 0) is 29.7 Å². The van der Waals surface area contributed by atoms with Crippen molar-refractivity contribution in [1.82, 2.24) is 9.78 Å². The monoisotopic (exact) mass is 259 g/mol. The number of hydrogen-bond acceptors (Lipinski definition) is 3. The summed E-state index contributed by atoms with van der Waals surface area (Å²) < 4.78 is 1.73. The molecule has 2 rings (SSSR count). The molecule has 0 spiro atoms. The number of nitrogens with two attached hydrogens (primary N) is 1. The third-order valence-corrected chi connectivity index (χ3v) is 3.17. The van der Waals surface area contributed by atoms with Crippen molar-refractivity contribution >= 4 is 11.7 Å². The Morgan fingerprint density at radius 3 is 2.58 bits per heavy atom. The number of anilines is 1. The molecule has 5 heteroatoms. The number of nitrogen functional groups attached to an aromatic ring is 1. The van der Waals surface area contributed by atoms with Crippen molar-refractivity contribution in [3.05, 3.63) is 35.5 Å². The first-order valence-corrected chi connectivity index (χ1v) is 6.07. The summed E-state index contributed by atoms with van der Waals surface area (Å²) in [6.07, 6.45) is 1.69. The fourth-order valence-corrected chi connectivity index (χ4v) is 2.16. The molecule has 0 amide bonds. The first-order chi connectivity index (χ1) is 8.91. The number of carbonyl (C=O) groups is 1. The Balaban J connectivity index is 2.73. The molecule has 0 aliphatic heterocycles. The van der Waals surface area contributed by atoms with Crippen LogP contribution in [0.2, 0.25) is 0 Å². The standard InChI is InChI=1S/C14H17N3O2/c1-8(2)9-7-12(15)11(14(18)19)6-10(9)13-4-5-16-17(13)3/h4-8H,15H2,1-3H3,(H,18,19). The summed E-state index contributed by atoms with van der Waals surface area (Å²) >= 11 is 0. The van der Waals surface area contributed by atoms with Gasteiger partial charge < -0.3 is 10.8 Å². The second-order valence-corrected chi connectivity index (χ2v) is 4.83. The fraction of sp³-hybridized carbons (Fsp3) is 0.286. The molecular formula is C14H17N3O2. The van der Waals surface area contributed by atoms with E-state index >= 15 is 0 Å². The second-order valence-electron chi connectivity index (χ2n) is 4.83. The maximum atomic E-state index is 11.2. The van der Waals surface area contributed by atoms with E-state index in [1.165, 1.54) is 0 Å². The van der Waals surface area contributed by atoms with E-state index in [1.54, 1.807) is 23.0 Å². The van der Waals surface area contributed by atoms with Crippen LogP contribution in [0.4, 0.5) is 5.69 Å². The molecule has 100 valence electrons. The Morgan fingerprint density at radius 2 is 2.11 bits per heavy atom. The van der Waals surface area contributed by atoms with Crippen LogP contribution in [-0.4, -0.2) is 20.9 Å². The molecule has 0 fully saturated rings. The molecule has 19 heavy (non-hydrogen) atoms. The van der Waals surface area contributed by atoms with Crippen molar-refractivity contribution in [3.63, 3.8) is 0 Å². The van der Waals surface area contributed by atoms with Crippen LogP contribution in [0.5, 0.6) is 0 Å². The van der Waals surface area contributed by atoms with Gasteiger partial charge in [-0.2, -0.15) is 5.10 Å². The smallest absolute Gasteiger partial charge is 0.337 e. The molecule has 0 aliphatic carbocycles. The molecule has 1 aromatic heterocycles. The van der Waals surface area contributed by atoms with Crippen LogP contribution in [0, 0.1) is 0 Å². The van der Waals surface area contributed by atoms with Crippen LogP contribution in [-0.2, 0) is 7.05 Å².